The van der Waals surface area contributed by atoms with Gasteiger partial charge in [0.05, 0.1) is 18.8 Å². The van der Waals surface area contributed by atoms with E-state index in [1.165, 1.54) is 0 Å². The molecular weight excluding hydrogens is 304 g/mol. The van der Waals surface area contributed by atoms with Crippen LogP contribution in [0.4, 0.5) is 4.79 Å². The summed E-state index contributed by atoms with van der Waals surface area (Å²) in [6.45, 7) is 11.9. The molecule has 8 nitrogen and oxygen atoms in total. The Labute approximate surface area is 132 Å². The number of carbonyl (C=O) groups is 1. The monoisotopic (exact) mass is 332 g/mol. The Kier molecular flexibility index (Phi) is 7.89. The van der Waals surface area contributed by atoms with Crippen LogP contribution in [0.5, 0.6) is 0 Å². The Bertz CT molecular complexity index is 419. The standard InChI is InChI=1S/C13H28N4O4Si/c1-9(7-15-17-14)11(10(8-18)16-12(19)20)21-22(5,6)13(2,3)4/h9-11,16,18H,7-8H2,1-6H3,(H,19,20)/t9-,10?,11+/m0/s1. The molecule has 3 N–H and O–H groups in total. The molecule has 0 bridgehead atoms. The molecule has 0 rings (SSSR count). The first-order valence-corrected chi connectivity index (χ1v) is 10.2. The average molecular weight is 332 g/mol. The molecular formula is C13H28N4O4Si. The number of aliphatic hydroxyl groups is 1. The van der Waals surface area contributed by atoms with Gasteiger partial charge in [0, 0.05) is 11.5 Å². The summed E-state index contributed by atoms with van der Waals surface area (Å²) in [7, 11) is -2.18. The van der Waals surface area contributed by atoms with E-state index in [2.05, 4.69) is 49.2 Å². The van der Waals surface area contributed by atoms with Crippen LogP contribution in [0.3, 0.4) is 0 Å². The van der Waals surface area contributed by atoms with Crippen molar-refractivity contribution < 1.29 is 19.4 Å². The fraction of sp³-hybridized carbons (Fsp3) is 0.923. The van der Waals surface area contributed by atoms with Crippen molar-refractivity contribution in [1.29, 1.82) is 0 Å². The third kappa shape index (κ3) is 6.23. The SMILES string of the molecule is C[C@@H](CN=[N+]=[N-])[C@@H](O[Si](C)(C)C(C)(C)C)C(CO)NC(=O)O. The minimum Gasteiger partial charge on any atom is -0.465 e. The molecule has 0 spiro atoms. The van der Waals surface area contributed by atoms with Crippen molar-refractivity contribution >= 4 is 14.4 Å². The summed E-state index contributed by atoms with van der Waals surface area (Å²) in [5.74, 6) is -0.228. The molecule has 0 aromatic rings. The largest absolute Gasteiger partial charge is 0.465 e. The number of nitrogens with zero attached hydrogens (tertiary/aromatic N) is 3. The lowest BCUT2D eigenvalue weighted by Crippen LogP contribution is -2.55. The van der Waals surface area contributed by atoms with Gasteiger partial charge in [0.2, 0.25) is 0 Å². The molecule has 0 saturated heterocycles. The maximum Gasteiger partial charge on any atom is 0.405 e. The number of carboxylic acid groups (broad SMARTS) is 1. The summed E-state index contributed by atoms with van der Waals surface area (Å²) in [6.07, 6.45) is -1.79. The minimum atomic E-state index is -2.18. The van der Waals surface area contributed by atoms with Crippen molar-refractivity contribution in [2.45, 2.75) is 58.0 Å². The highest BCUT2D eigenvalue weighted by molar-refractivity contribution is 6.74. The van der Waals surface area contributed by atoms with Crippen molar-refractivity contribution in [1.82, 2.24) is 5.32 Å². The number of azide groups is 1. The molecule has 3 atom stereocenters. The molecule has 0 aliphatic carbocycles. The van der Waals surface area contributed by atoms with Crippen LogP contribution in [-0.4, -0.2) is 49.9 Å². The number of amides is 1. The van der Waals surface area contributed by atoms with Gasteiger partial charge < -0.3 is 20.0 Å². The second-order valence-electron chi connectivity index (χ2n) is 6.97. The second kappa shape index (κ2) is 8.38. The molecule has 0 aliphatic rings. The third-order valence-corrected chi connectivity index (χ3v) is 8.61. The Hall–Kier alpha value is -1.28. The third-order valence-electron chi connectivity index (χ3n) is 4.13. The van der Waals surface area contributed by atoms with Gasteiger partial charge in [-0.05, 0) is 29.6 Å². The zero-order valence-corrected chi connectivity index (χ0v) is 15.2. The van der Waals surface area contributed by atoms with Crippen LogP contribution in [0.25, 0.3) is 10.4 Å². The first kappa shape index (κ1) is 20.7. The Morgan fingerprint density at radius 1 is 1.45 bits per heavy atom. The zero-order chi connectivity index (χ0) is 17.6. The summed E-state index contributed by atoms with van der Waals surface area (Å²) in [5.41, 5.74) is 8.47. The molecule has 0 aromatic heterocycles. The summed E-state index contributed by atoms with van der Waals surface area (Å²) >= 11 is 0. The average Bonchev–Trinajstić information content (AvgIpc) is 2.38. The lowest BCUT2D eigenvalue weighted by atomic mass is 9.98. The molecule has 1 amide bonds. The smallest absolute Gasteiger partial charge is 0.405 e. The first-order chi connectivity index (χ1) is 9.96. The predicted molar refractivity (Wildman–Crippen MR) is 87.3 cm³/mol. The van der Waals surface area contributed by atoms with Gasteiger partial charge in [0.1, 0.15) is 0 Å². The van der Waals surface area contributed by atoms with Crippen molar-refractivity contribution in [2.24, 2.45) is 11.0 Å². The Morgan fingerprint density at radius 3 is 2.36 bits per heavy atom. The lowest BCUT2D eigenvalue weighted by Gasteiger charge is -2.42. The van der Waals surface area contributed by atoms with Gasteiger partial charge >= 0.3 is 6.09 Å². The van der Waals surface area contributed by atoms with Crippen molar-refractivity contribution in [3.63, 3.8) is 0 Å². The number of hydrogen-bond donors (Lipinski definition) is 3. The van der Waals surface area contributed by atoms with Crippen LogP contribution in [-0.2, 0) is 4.43 Å². The van der Waals surface area contributed by atoms with Crippen LogP contribution in [0.15, 0.2) is 5.11 Å². The Balaban J connectivity index is 5.39. The topological polar surface area (TPSA) is 128 Å². The fourth-order valence-corrected chi connectivity index (χ4v) is 3.20. The molecule has 0 saturated carbocycles. The van der Waals surface area contributed by atoms with E-state index in [-0.39, 0.29) is 24.1 Å². The maximum atomic E-state index is 10.9. The molecule has 0 aromatic carbocycles. The number of aliphatic hydroxyl groups excluding tert-OH is 1. The number of nitrogens with one attached hydrogen (secondary N) is 1. The van der Waals surface area contributed by atoms with Crippen molar-refractivity contribution in [2.75, 3.05) is 13.2 Å². The molecule has 0 aliphatic heterocycles. The zero-order valence-electron chi connectivity index (χ0n) is 14.2. The summed E-state index contributed by atoms with van der Waals surface area (Å²) in [5, 5.41) is 24.2. The van der Waals surface area contributed by atoms with Gasteiger partial charge in [-0.25, -0.2) is 4.79 Å². The second-order valence-corrected chi connectivity index (χ2v) is 11.7. The molecule has 22 heavy (non-hydrogen) atoms. The van der Waals surface area contributed by atoms with Gasteiger partial charge in [0.15, 0.2) is 8.32 Å². The molecule has 1 unspecified atom stereocenters. The van der Waals surface area contributed by atoms with Gasteiger partial charge in [-0.3, -0.25) is 0 Å². The van der Waals surface area contributed by atoms with E-state index in [0.29, 0.717) is 0 Å². The maximum absolute atomic E-state index is 10.9. The Morgan fingerprint density at radius 2 is 2.00 bits per heavy atom. The van der Waals surface area contributed by atoms with E-state index in [9.17, 15) is 9.90 Å². The number of rotatable bonds is 8. The van der Waals surface area contributed by atoms with E-state index >= 15 is 0 Å². The van der Waals surface area contributed by atoms with Crippen LogP contribution in [0, 0.1) is 5.92 Å². The molecule has 0 heterocycles. The predicted octanol–water partition coefficient (Wildman–Crippen LogP) is 2.95. The van der Waals surface area contributed by atoms with E-state index < -0.39 is 26.6 Å². The molecule has 128 valence electrons. The summed E-state index contributed by atoms with van der Waals surface area (Å²) in [4.78, 5) is 13.7. The molecule has 0 radical (unpaired) electrons. The minimum absolute atomic E-state index is 0.0628. The normalized spacial score (nSPS) is 16.3. The van der Waals surface area contributed by atoms with Crippen molar-refractivity contribution in [3.05, 3.63) is 10.4 Å². The summed E-state index contributed by atoms with van der Waals surface area (Å²) < 4.78 is 6.28. The van der Waals surface area contributed by atoms with E-state index in [1.807, 2.05) is 6.92 Å². The highest BCUT2D eigenvalue weighted by Crippen LogP contribution is 2.38. The number of hydrogen-bond acceptors (Lipinski definition) is 4. The molecule has 0 fully saturated rings. The summed E-state index contributed by atoms with van der Waals surface area (Å²) in [6, 6.07) is -0.768. The van der Waals surface area contributed by atoms with E-state index in [1.54, 1.807) is 0 Å². The lowest BCUT2D eigenvalue weighted by molar-refractivity contribution is 0.0602. The van der Waals surface area contributed by atoms with Gasteiger partial charge in [0.25, 0.3) is 0 Å². The highest BCUT2D eigenvalue weighted by Gasteiger charge is 2.42. The van der Waals surface area contributed by atoms with Gasteiger partial charge in [-0.2, -0.15) is 0 Å². The van der Waals surface area contributed by atoms with Crippen molar-refractivity contribution in [3.8, 4) is 0 Å². The van der Waals surface area contributed by atoms with E-state index in [0.717, 1.165) is 0 Å². The van der Waals surface area contributed by atoms with Crippen LogP contribution >= 0.6 is 0 Å². The van der Waals surface area contributed by atoms with Gasteiger partial charge in [-0.15, -0.1) is 0 Å². The first-order valence-electron chi connectivity index (χ1n) is 7.25. The molecule has 9 heteroatoms. The van der Waals surface area contributed by atoms with E-state index in [4.69, 9.17) is 15.1 Å². The van der Waals surface area contributed by atoms with Crippen LogP contribution < -0.4 is 5.32 Å². The fourth-order valence-electron chi connectivity index (χ4n) is 1.77. The van der Waals surface area contributed by atoms with Crippen LogP contribution in [0.2, 0.25) is 18.1 Å². The van der Waals surface area contributed by atoms with Crippen LogP contribution in [0.1, 0.15) is 27.7 Å². The quantitative estimate of drug-likeness (QED) is 0.273. The highest BCUT2D eigenvalue weighted by atomic mass is 28.4. The van der Waals surface area contributed by atoms with Gasteiger partial charge in [-0.1, -0.05) is 32.8 Å².